The second-order valence-electron chi connectivity index (χ2n) is 5.34. The van der Waals surface area contributed by atoms with E-state index in [9.17, 15) is 13.6 Å². The highest BCUT2D eigenvalue weighted by molar-refractivity contribution is 5.79. The van der Waals surface area contributed by atoms with E-state index in [1.165, 1.54) is 18.6 Å². The van der Waals surface area contributed by atoms with Crippen LogP contribution < -0.4 is 4.74 Å². The van der Waals surface area contributed by atoms with Gasteiger partial charge in [0.2, 0.25) is 5.91 Å². The van der Waals surface area contributed by atoms with Gasteiger partial charge in [-0.1, -0.05) is 19.1 Å². The Balaban J connectivity index is 1.95. The summed E-state index contributed by atoms with van der Waals surface area (Å²) in [4.78, 5) is 14.3. The summed E-state index contributed by atoms with van der Waals surface area (Å²) in [6.07, 6.45) is 4.60. The number of benzene rings is 1. The average molecular weight is 297 g/mol. The standard InChI is InChI=1S/C16H21F2NO2/c1-2-13-5-3-4-10-19(13)15(20)11-12-6-8-14(9-7-12)21-16(17)18/h6-9,13,16H,2-5,10-11H2,1H3. The van der Waals surface area contributed by atoms with Crippen LogP contribution in [0.4, 0.5) is 8.78 Å². The number of halogens is 2. The fourth-order valence-electron chi connectivity index (χ4n) is 2.82. The largest absolute Gasteiger partial charge is 0.435 e. The minimum atomic E-state index is -2.82. The van der Waals surface area contributed by atoms with Crippen molar-refractivity contribution >= 4 is 5.91 Å². The summed E-state index contributed by atoms with van der Waals surface area (Å²) in [6.45, 7) is 0.104. The highest BCUT2D eigenvalue weighted by Crippen LogP contribution is 2.21. The molecule has 5 heteroatoms. The third-order valence-corrected chi connectivity index (χ3v) is 3.92. The Labute approximate surface area is 123 Å². The lowest BCUT2D eigenvalue weighted by molar-refractivity contribution is -0.134. The van der Waals surface area contributed by atoms with E-state index in [-0.39, 0.29) is 11.7 Å². The Bertz CT molecular complexity index is 462. The molecular weight excluding hydrogens is 276 g/mol. The van der Waals surface area contributed by atoms with Crippen LogP contribution in [0.2, 0.25) is 0 Å². The van der Waals surface area contributed by atoms with Crippen molar-refractivity contribution in [3.8, 4) is 5.75 Å². The Morgan fingerprint density at radius 1 is 1.33 bits per heavy atom. The molecule has 1 aromatic rings. The predicted molar refractivity (Wildman–Crippen MR) is 76.4 cm³/mol. The number of piperidine rings is 1. The SMILES string of the molecule is CCC1CCCCN1C(=O)Cc1ccc(OC(F)F)cc1. The summed E-state index contributed by atoms with van der Waals surface area (Å²) in [7, 11) is 0. The van der Waals surface area contributed by atoms with Crippen LogP contribution in [-0.2, 0) is 11.2 Å². The van der Waals surface area contributed by atoms with Crippen molar-refractivity contribution in [1.29, 1.82) is 0 Å². The molecule has 0 spiro atoms. The van der Waals surface area contributed by atoms with Gasteiger partial charge >= 0.3 is 6.61 Å². The molecule has 3 nitrogen and oxygen atoms in total. The normalized spacial score (nSPS) is 18.9. The topological polar surface area (TPSA) is 29.5 Å². The molecule has 1 aliphatic rings. The molecule has 21 heavy (non-hydrogen) atoms. The highest BCUT2D eigenvalue weighted by atomic mass is 19.3. The predicted octanol–water partition coefficient (Wildman–Crippen LogP) is 3.62. The van der Waals surface area contributed by atoms with Crippen LogP contribution >= 0.6 is 0 Å². The van der Waals surface area contributed by atoms with Gasteiger partial charge in [0.15, 0.2) is 0 Å². The first kappa shape index (κ1) is 15.7. The number of carbonyl (C=O) groups is 1. The quantitative estimate of drug-likeness (QED) is 0.830. The number of hydrogen-bond acceptors (Lipinski definition) is 2. The number of carbonyl (C=O) groups excluding carboxylic acids is 1. The van der Waals surface area contributed by atoms with E-state index in [1.54, 1.807) is 12.1 Å². The van der Waals surface area contributed by atoms with E-state index in [4.69, 9.17) is 0 Å². The van der Waals surface area contributed by atoms with Crippen LogP contribution in [0.25, 0.3) is 0 Å². The lowest BCUT2D eigenvalue weighted by atomic mass is 9.99. The molecule has 0 N–H and O–H groups in total. The fourth-order valence-corrected chi connectivity index (χ4v) is 2.82. The van der Waals surface area contributed by atoms with E-state index < -0.39 is 6.61 Å². The maximum atomic E-state index is 12.4. The summed E-state index contributed by atoms with van der Waals surface area (Å²) >= 11 is 0. The van der Waals surface area contributed by atoms with Crippen molar-refractivity contribution in [2.45, 2.75) is 51.7 Å². The number of rotatable bonds is 5. The van der Waals surface area contributed by atoms with Crippen LogP contribution in [0, 0.1) is 0 Å². The number of amides is 1. The molecule has 2 rings (SSSR count). The van der Waals surface area contributed by atoms with E-state index in [1.807, 2.05) is 4.90 Å². The van der Waals surface area contributed by atoms with Gasteiger partial charge in [0.05, 0.1) is 6.42 Å². The number of nitrogens with zero attached hydrogens (tertiary/aromatic N) is 1. The lowest BCUT2D eigenvalue weighted by Crippen LogP contribution is -2.44. The highest BCUT2D eigenvalue weighted by Gasteiger charge is 2.25. The van der Waals surface area contributed by atoms with Crippen molar-refractivity contribution in [3.05, 3.63) is 29.8 Å². The Kier molecular flexibility index (Phi) is 5.53. The molecule has 0 bridgehead atoms. The third kappa shape index (κ3) is 4.41. The first-order valence-electron chi connectivity index (χ1n) is 7.43. The van der Waals surface area contributed by atoms with Crippen LogP contribution in [0.1, 0.15) is 38.2 Å². The molecule has 1 unspecified atom stereocenters. The summed E-state index contributed by atoms with van der Waals surface area (Å²) in [6, 6.07) is 6.62. The van der Waals surface area contributed by atoms with Crippen molar-refractivity contribution in [3.63, 3.8) is 0 Å². The molecule has 1 aromatic carbocycles. The van der Waals surface area contributed by atoms with E-state index >= 15 is 0 Å². The fraction of sp³-hybridized carbons (Fsp3) is 0.562. The summed E-state index contributed by atoms with van der Waals surface area (Å²) in [5.41, 5.74) is 0.821. The molecule has 0 saturated carbocycles. The van der Waals surface area contributed by atoms with Gasteiger partial charge in [-0.3, -0.25) is 4.79 Å². The maximum Gasteiger partial charge on any atom is 0.387 e. The van der Waals surface area contributed by atoms with Crippen molar-refractivity contribution < 1.29 is 18.3 Å². The maximum absolute atomic E-state index is 12.4. The van der Waals surface area contributed by atoms with E-state index in [2.05, 4.69) is 11.7 Å². The van der Waals surface area contributed by atoms with Crippen molar-refractivity contribution in [1.82, 2.24) is 4.90 Å². The van der Waals surface area contributed by atoms with Gasteiger partial charge in [-0.25, -0.2) is 0 Å². The summed E-state index contributed by atoms with van der Waals surface area (Å²) in [5, 5.41) is 0. The van der Waals surface area contributed by atoms with Crippen LogP contribution in [0.5, 0.6) is 5.75 Å². The van der Waals surface area contributed by atoms with Gasteiger partial charge in [-0.2, -0.15) is 8.78 Å². The molecule has 116 valence electrons. The van der Waals surface area contributed by atoms with Gasteiger partial charge in [0.25, 0.3) is 0 Å². The van der Waals surface area contributed by atoms with Gasteiger partial charge in [0, 0.05) is 12.6 Å². The zero-order chi connectivity index (χ0) is 15.2. The molecule has 0 aromatic heterocycles. The van der Waals surface area contributed by atoms with E-state index in [0.717, 1.165) is 31.4 Å². The summed E-state index contributed by atoms with van der Waals surface area (Å²) < 4.78 is 28.4. The molecule has 1 atom stereocenters. The molecule has 1 aliphatic heterocycles. The monoisotopic (exact) mass is 297 g/mol. The van der Waals surface area contributed by atoms with E-state index in [0.29, 0.717) is 12.5 Å². The number of hydrogen-bond donors (Lipinski definition) is 0. The second-order valence-corrected chi connectivity index (χ2v) is 5.34. The van der Waals surface area contributed by atoms with Crippen molar-refractivity contribution in [2.24, 2.45) is 0 Å². The van der Waals surface area contributed by atoms with Crippen LogP contribution in [-0.4, -0.2) is 30.0 Å². The Morgan fingerprint density at radius 2 is 2.05 bits per heavy atom. The number of likely N-dealkylation sites (tertiary alicyclic amines) is 1. The van der Waals surface area contributed by atoms with Crippen molar-refractivity contribution in [2.75, 3.05) is 6.54 Å². The zero-order valence-corrected chi connectivity index (χ0v) is 12.2. The smallest absolute Gasteiger partial charge is 0.387 e. The molecule has 1 fully saturated rings. The lowest BCUT2D eigenvalue weighted by Gasteiger charge is -2.35. The number of alkyl halides is 2. The minimum Gasteiger partial charge on any atom is -0.435 e. The molecule has 1 heterocycles. The van der Waals surface area contributed by atoms with Gasteiger partial charge in [0.1, 0.15) is 5.75 Å². The molecule has 0 aliphatic carbocycles. The Hall–Kier alpha value is -1.65. The third-order valence-electron chi connectivity index (χ3n) is 3.92. The second kappa shape index (κ2) is 7.38. The first-order chi connectivity index (χ1) is 10.1. The summed E-state index contributed by atoms with van der Waals surface area (Å²) in [5.74, 6) is 0.231. The molecule has 1 amide bonds. The zero-order valence-electron chi connectivity index (χ0n) is 12.2. The Morgan fingerprint density at radius 3 is 2.67 bits per heavy atom. The average Bonchev–Trinajstić information content (AvgIpc) is 2.48. The van der Waals surface area contributed by atoms with Gasteiger partial charge in [-0.05, 0) is 43.4 Å². The van der Waals surface area contributed by atoms with Crippen LogP contribution in [0.15, 0.2) is 24.3 Å². The molecule has 1 saturated heterocycles. The molecular formula is C16H21F2NO2. The minimum absolute atomic E-state index is 0.115. The molecule has 0 radical (unpaired) electrons. The van der Waals surface area contributed by atoms with Crippen LogP contribution in [0.3, 0.4) is 0 Å². The van der Waals surface area contributed by atoms with Gasteiger partial charge in [-0.15, -0.1) is 0 Å². The first-order valence-corrected chi connectivity index (χ1v) is 7.43. The number of ether oxygens (including phenoxy) is 1. The van der Waals surface area contributed by atoms with Gasteiger partial charge < -0.3 is 9.64 Å².